The average molecular weight is 1060 g/mol. The molecule has 12 atom stereocenters. The lowest BCUT2D eigenvalue weighted by molar-refractivity contribution is -0.165. The van der Waals surface area contributed by atoms with Crippen LogP contribution < -0.4 is 0 Å². The van der Waals surface area contributed by atoms with Gasteiger partial charge in [-0.15, -0.1) is 0 Å². The van der Waals surface area contributed by atoms with Crippen molar-refractivity contribution in [3.8, 4) is 0 Å². The average Bonchev–Trinajstić information content (AvgIpc) is 3.32. The minimum Gasteiger partial charge on any atom is -0.462 e. The predicted octanol–water partition coefficient (Wildman–Crippen LogP) is 6.98. The monoisotopic (exact) mass is 1060 g/mol. The summed E-state index contributed by atoms with van der Waals surface area (Å²) in [4.78, 5) is 70.6. The predicted molar refractivity (Wildman–Crippen MR) is 270 cm³/mol. The van der Waals surface area contributed by atoms with Crippen molar-refractivity contribution in [1.29, 1.82) is 0 Å². The summed E-state index contributed by atoms with van der Waals surface area (Å²) in [6.45, 7) is 2.43. The lowest BCUT2D eigenvalue weighted by Crippen LogP contribution is -2.56. The maximum atomic E-state index is 13.8. The minimum atomic E-state index is -5.79. The Morgan fingerprint density at radius 2 is 1.40 bits per heavy atom. The Bertz CT molecular complexity index is 1830. The summed E-state index contributed by atoms with van der Waals surface area (Å²) >= 11 is 0. The summed E-state index contributed by atoms with van der Waals surface area (Å²) in [6, 6.07) is 0. The highest BCUT2D eigenvalue weighted by Crippen LogP contribution is 2.49. The van der Waals surface area contributed by atoms with Gasteiger partial charge in [0, 0.05) is 31.1 Å². The number of carbonyl (C=O) groups excluding carboxylic acids is 3. The van der Waals surface area contributed by atoms with Crippen molar-refractivity contribution < 1.29 is 91.9 Å². The van der Waals surface area contributed by atoms with Crippen molar-refractivity contribution in [2.24, 2.45) is 11.8 Å². The third-order valence-corrected chi connectivity index (χ3v) is 13.7. The van der Waals surface area contributed by atoms with Crippen LogP contribution in [0.4, 0.5) is 0 Å². The number of carbonyl (C=O) groups is 3. The molecule has 0 radical (unpaired) electrons. The Balaban J connectivity index is 2.27. The number of fused-ring (bicyclic) bond motifs is 4. The fourth-order valence-corrected chi connectivity index (χ4v) is 9.66. The molecule has 1 unspecified atom stereocenters. The van der Waals surface area contributed by atoms with Crippen molar-refractivity contribution in [3.63, 3.8) is 0 Å². The SMILES string of the molecule is CC/C=C\C/C=C\C/C=C\C/C=C\C/C=C\CCCCCC(=O)O[C@@H]1COC(=O)CCCCCC[C@H]2C(=O)C[C@@H](O)[C@H](/C=C/[C@@H](O)CCCCC)[C@@H](O)[C@@H](OP(=O)(O)O)[C@@H](OP(=O)(O)OC1)[C@H](O)[C@@H](O)[C@@H]2O. The molecule has 1 saturated carbocycles. The summed E-state index contributed by atoms with van der Waals surface area (Å²) in [7, 11) is -11.5. The van der Waals surface area contributed by atoms with Crippen LogP contribution in [0.1, 0.15) is 149 Å². The zero-order valence-electron chi connectivity index (χ0n) is 42.0. The number of esters is 2. The standard InChI is InChI=1S/C51H84O19P2/c1-3-5-7-8-9-10-11-12-13-14-15-16-17-18-19-20-21-22-28-32-45(56)68-39-36-66-44(55)31-27-24-23-26-30-40-42(53)35-43(54)41(34-33-38(52)29-25-6-4-2)47(58)50(69-71(61,62)63)51(49(60)48(59)46(40)57)70-72(64,65)67-37-39/h5,7,9-10,12-13,15-16,18-19,33-34,38-41,43,46-52,54,57-60H,3-4,6,8,11,14,17,20-32,35-37H2,1-2H3,(H,64,65)(H2,61,62,63)/b7-5-,10-9-,13-12-,16-15-,19-18-,34-33+/t38-,39+,40-,41-,43+,46+,47+,48-,49+,50+,51-/m0/s1. The van der Waals surface area contributed by atoms with E-state index in [9.17, 15) is 68.8 Å². The molecular formula is C51H84O19P2. The zero-order valence-corrected chi connectivity index (χ0v) is 43.8. The van der Waals surface area contributed by atoms with Crippen LogP contribution in [-0.4, -0.2) is 131 Å². The van der Waals surface area contributed by atoms with Gasteiger partial charge in [-0.05, 0) is 70.6 Å². The quantitative estimate of drug-likeness (QED) is 0.0204. The van der Waals surface area contributed by atoms with E-state index in [0.717, 1.165) is 63.9 Å². The molecule has 0 amide bonds. The first-order chi connectivity index (χ1) is 34.3. The number of allylic oxidation sites excluding steroid dienone is 10. The number of hydrogen-bond acceptors (Lipinski definition) is 16. The molecule has 19 nitrogen and oxygen atoms in total. The number of cyclic esters (lactones) is 1. The highest BCUT2D eigenvalue weighted by molar-refractivity contribution is 7.47. The van der Waals surface area contributed by atoms with Crippen molar-refractivity contribution in [2.75, 3.05) is 13.2 Å². The smallest absolute Gasteiger partial charge is 0.462 e. The van der Waals surface area contributed by atoms with Crippen LogP contribution in [0.3, 0.4) is 0 Å². The first kappa shape index (κ1) is 65.1. The molecular weight excluding hydrogens is 978 g/mol. The van der Waals surface area contributed by atoms with Gasteiger partial charge in [0.2, 0.25) is 0 Å². The number of unbranched alkanes of at least 4 members (excludes halogenated alkanes) is 5. The molecule has 21 heteroatoms. The third-order valence-electron chi connectivity index (χ3n) is 12.2. The Labute approximate surface area is 425 Å². The van der Waals surface area contributed by atoms with Gasteiger partial charge in [-0.1, -0.05) is 132 Å². The van der Waals surface area contributed by atoms with Crippen LogP contribution in [0.25, 0.3) is 0 Å². The summed E-state index contributed by atoms with van der Waals surface area (Å²) in [5.41, 5.74) is 0. The molecule has 0 aromatic heterocycles. The number of hydrogen-bond donors (Lipinski definition) is 9. The van der Waals surface area contributed by atoms with Gasteiger partial charge in [0.1, 0.15) is 36.8 Å². The highest BCUT2D eigenvalue weighted by Gasteiger charge is 2.51. The maximum absolute atomic E-state index is 13.8. The van der Waals surface area contributed by atoms with Crippen LogP contribution in [0.2, 0.25) is 0 Å². The molecule has 2 bridgehead atoms. The molecule has 72 heavy (non-hydrogen) atoms. The topological polar surface area (TPSA) is 314 Å². The first-order valence-electron chi connectivity index (χ1n) is 25.6. The van der Waals surface area contributed by atoms with Gasteiger partial charge in [-0.3, -0.25) is 28.0 Å². The van der Waals surface area contributed by atoms with Crippen molar-refractivity contribution in [1.82, 2.24) is 0 Å². The van der Waals surface area contributed by atoms with E-state index in [0.29, 0.717) is 38.5 Å². The van der Waals surface area contributed by atoms with Gasteiger partial charge in [0.05, 0.1) is 31.0 Å². The largest absolute Gasteiger partial charge is 0.472 e. The second-order valence-corrected chi connectivity index (χ2v) is 20.9. The molecule has 1 aliphatic carbocycles. The molecule has 2 aliphatic rings. The van der Waals surface area contributed by atoms with Gasteiger partial charge < -0.3 is 54.8 Å². The van der Waals surface area contributed by atoms with Crippen LogP contribution >= 0.6 is 15.6 Å². The Hall–Kier alpha value is -2.97. The van der Waals surface area contributed by atoms with E-state index in [1.807, 2.05) is 6.92 Å². The summed E-state index contributed by atoms with van der Waals surface area (Å²) < 4.78 is 52.3. The van der Waals surface area contributed by atoms with Crippen molar-refractivity contribution in [2.45, 2.75) is 204 Å². The lowest BCUT2D eigenvalue weighted by Gasteiger charge is -2.38. The molecule has 1 heterocycles. The van der Waals surface area contributed by atoms with E-state index >= 15 is 0 Å². The zero-order chi connectivity index (χ0) is 53.4. The Morgan fingerprint density at radius 3 is 2.03 bits per heavy atom. The second-order valence-electron chi connectivity index (χ2n) is 18.3. The van der Waals surface area contributed by atoms with Gasteiger partial charge in [-0.2, -0.15) is 0 Å². The van der Waals surface area contributed by atoms with Crippen LogP contribution in [0.5, 0.6) is 0 Å². The minimum absolute atomic E-state index is 0.0715. The second kappa shape index (κ2) is 36.9. The fraction of sp³-hybridized carbons (Fsp3) is 0.706. The molecule has 9 N–H and O–H groups in total. The molecule has 2 fully saturated rings. The van der Waals surface area contributed by atoms with Crippen LogP contribution in [0, 0.1) is 11.8 Å². The molecule has 0 aromatic carbocycles. The molecule has 2 rings (SSSR count). The number of rotatable bonds is 24. The van der Waals surface area contributed by atoms with E-state index in [2.05, 4.69) is 67.7 Å². The number of ether oxygens (including phenoxy) is 2. The summed E-state index contributed by atoms with van der Waals surface area (Å²) in [6.07, 6.45) is 13.6. The maximum Gasteiger partial charge on any atom is 0.472 e. The van der Waals surface area contributed by atoms with Crippen molar-refractivity contribution >= 4 is 33.4 Å². The number of Topliss-reactive ketones (excluding diaryl/α,β-unsaturated/α-hetero) is 1. The number of phosphoric acid groups is 2. The first-order valence-corrected chi connectivity index (χ1v) is 28.6. The molecule has 412 valence electrons. The lowest BCUT2D eigenvalue weighted by atomic mass is 9.83. The third kappa shape index (κ3) is 28.1. The van der Waals surface area contributed by atoms with Gasteiger partial charge >= 0.3 is 27.6 Å². The van der Waals surface area contributed by atoms with Gasteiger partial charge in [0.15, 0.2) is 6.10 Å². The molecule has 1 aliphatic heterocycles. The molecule has 1 saturated heterocycles. The molecule has 0 aromatic rings. The van der Waals surface area contributed by atoms with E-state index in [1.54, 1.807) is 0 Å². The Kier molecular flexibility index (Phi) is 33.4. The number of aliphatic hydroxyl groups is 6. The van der Waals surface area contributed by atoms with Crippen molar-refractivity contribution in [3.05, 3.63) is 72.9 Å². The number of aliphatic hydroxyl groups excluding tert-OH is 6. The van der Waals surface area contributed by atoms with E-state index < -0.39 is 120 Å². The summed E-state index contributed by atoms with van der Waals surface area (Å²) in [5.74, 6) is -5.55. The van der Waals surface area contributed by atoms with E-state index in [1.165, 1.54) is 6.08 Å². The fourth-order valence-electron chi connectivity index (χ4n) is 8.13. The molecule has 0 spiro atoms. The normalized spacial score (nSPS) is 30.1. The summed E-state index contributed by atoms with van der Waals surface area (Å²) in [5, 5.41) is 68.4. The Morgan fingerprint density at radius 1 is 0.778 bits per heavy atom. The van der Waals surface area contributed by atoms with Gasteiger partial charge in [-0.25, -0.2) is 9.13 Å². The van der Waals surface area contributed by atoms with Crippen LogP contribution in [-0.2, 0) is 46.6 Å². The van der Waals surface area contributed by atoms with E-state index in [-0.39, 0.29) is 32.1 Å². The number of phosphoric ester groups is 2. The van der Waals surface area contributed by atoms with Crippen LogP contribution in [0.15, 0.2) is 72.9 Å². The number of ketones is 1. The van der Waals surface area contributed by atoms with Gasteiger partial charge in [0.25, 0.3) is 0 Å². The highest BCUT2D eigenvalue weighted by atomic mass is 31.2. The van der Waals surface area contributed by atoms with E-state index in [4.69, 9.17) is 23.0 Å².